The van der Waals surface area contributed by atoms with Gasteiger partial charge in [-0.15, -0.1) is 0 Å². The number of anilines is 2. The Labute approximate surface area is 205 Å². The minimum atomic E-state index is -3.77. The number of rotatable bonds is 6. The summed E-state index contributed by atoms with van der Waals surface area (Å²) in [6.45, 7) is 8.49. The lowest BCUT2D eigenvalue weighted by Gasteiger charge is -2.36. The van der Waals surface area contributed by atoms with Crippen molar-refractivity contribution in [2.45, 2.75) is 25.3 Å². The summed E-state index contributed by atoms with van der Waals surface area (Å²) in [7, 11) is -1.80. The molecule has 1 aliphatic heterocycles. The molecule has 4 rings (SSSR count). The Kier molecular flexibility index (Phi) is 7.10. The normalized spacial score (nSPS) is 14.7. The van der Waals surface area contributed by atoms with Crippen molar-refractivity contribution in [2.75, 3.05) is 36.2 Å². The lowest BCUT2D eigenvalue weighted by atomic mass is 10.1. The van der Waals surface area contributed by atoms with Crippen molar-refractivity contribution < 1.29 is 8.42 Å². The number of nitrogens with one attached hydrogen (secondary N) is 2. The molecule has 0 atom stereocenters. The highest BCUT2D eigenvalue weighted by Gasteiger charge is 2.22. The molecule has 10 nitrogen and oxygen atoms in total. The van der Waals surface area contributed by atoms with E-state index in [4.69, 9.17) is 12.2 Å². The predicted octanol–water partition coefficient (Wildman–Crippen LogP) is 2.14. The second-order valence-corrected chi connectivity index (χ2v) is 10.2. The third kappa shape index (κ3) is 5.51. The molecule has 0 unspecified atom stereocenters. The van der Waals surface area contributed by atoms with Crippen LogP contribution in [0.3, 0.4) is 0 Å². The monoisotopic (exact) mass is 500 g/mol. The molecule has 3 heterocycles. The number of sulfonamides is 1. The van der Waals surface area contributed by atoms with E-state index in [0.717, 1.165) is 44.1 Å². The molecule has 0 amide bonds. The Hall–Kier alpha value is -3.09. The largest absolute Gasteiger partial charge is 0.346 e. The van der Waals surface area contributed by atoms with Crippen molar-refractivity contribution in [1.82, 2.24) is 29.5 Å². The molecule has 180 valence electrons. The minimum absolute atomic E-state index is 0.0267. The fraction of sp³-hybridized carbons (Fsp3) is 0.364. The van der Waals surface area contributed by atoms with Crippen LogP contribution in [0.15, 0.2) is 47.6 Å². The first-order valence-electron chi connectivity index (χ1n) is 10.9. The topological polar surface area (TPSA) is 108 Å². The third-order valence-corrected chi connectivity index (χ3v) is 7.61. The number of hydrogen-bond acceptors (Lipinski definition) is 7. The summed E-state index contributed by atoms with van der Waals surface area (Å²) in [4.78, 5) is 12.4. The Morgan fingerprint density at radius 2 is 1.71 bits per heavy atom. The molecule has 2 aromatic heterocycles. The minimum Gasteiger partial charge on any atom is -0.346 e. The Bertz CT molecular complexity index is 1250. The highest BCUT2D eigenvalue weighted by molar-refractivity contribution is 7.92. The van der Waals surface area contributed by atoms with Gasteiger partial charge in [0.2, 0.25) is 5.95 Å². The van der Waals surface area contributed by atoms with Crippen LogP contribution in [0.25, 0.3) is 0 Å². The maximum atomic E-state index is 12.5. The van der Waals surface area contributed by atoms with Crippen molar-refractivity contribution >= 4 is 39.0 Å². The van der Waals surface area contributed by atoms with Crippen LogP contribution in [0.2, 0.25) is 0 Å². The van der Waals surface area contributed by atoms with Gasteiger partial charge in [-0.05, 0) is 56.4 Å². The summed E-state index contributed by atoms with van der Waals surface area (Å²) in [5, 5.41) is 8.35. The van der Waals surface area contributed by atoms with Gasteiger partial charge in [0, 0.05) is 69.1 Å². The van der Waals surface area contributed by atoms with Gasteiger partial charge in [-0.2, -0.15) is 5.10 Å². The number of hydrogen-bond donors (Lipinski definition) is 2. The SMILES string of the molecule is Cc1nn(C)c(C)c1CN1CCN(C(=S)Nc2ccc(S(=O)(=O)Nc3ncccn3)cc2)CC1. The molecule has 1 fully saturated rings. The second kappa shape index (κ2) is 10.0. The first-order valence-corrected chi connectivity index (χ1v) is 12.8. The molecule has 2 N–H and O–H groups in total. The molecule has 0 radical (unpaired) electrons. The molecule has 0 aliphatic carbocycles. The van der Waals surface area contributed by atoms with Crippen LogP contribution in [0, 0.1) is 13.8 Å². The van der Waals surface area contributed by atoms with Gasteiger partial charge in [0.15, 0.2) is 5.11 Å². The van der Waals surface area contributed by atoms with Gasteiger partial charge in [-0.1, -0.05) is 0 Å². The van der Waals surface area contributed by atoms with Gasteiger partial charge in [-0.25, -0.2) is 23.1 Å². The lowest BCUT2D eigenvalue weighted by Crippen LogP contribution is -2.49. The number of piperazine rings is 1. The molecule has 1 aromatic carbocycles. The van der Waals surface area contributed by atoms with Gasteiger partial charge in [0.1, 0.15) is 0 Å². The summed E-state index contributed by atoms with van der Waals surface area (Å²) in [5.41, 5.74) is 4.30. The van der Waals surface area contributed by atoms with Gasteiger partial charge in [0.25, 0.3) is 10.0 Å². The van der Waals surface area contributed by atoms with Crippen LogP contribution >= 0.6 is 12.2 Å². The summed E-state index contributed by atoms with van der Waals surface area (Å²) in [6, 6.07) is 8.04. The van der Waals surface area contributed by atoms with Crippen molar-refractivity contribution in [3.63, 3.8) is 0 Å². The van der Waals surface area contributed by atoms with E-state index in [2.05, 4.69) is 48.8 Å². The molecule has 3 aromatic rings. The van der Waals surface area contributed by atoms with Crippen molar-refractivity contribution in [2.24, 2.45) is 7.05 Å². The fourth-order valence-electron chi connectivity index (χ4n) is 3.83. The molecular formula is C22H28N8O2S2. The summed E-state index contributed by atoms with van der Waals surface area (Å²) in [5.74, 6) is 0.0267. The van der Waals surface area contributed by atoms with E-state index in [1.807, 2.05) is 11.7 Å². The van der Waals surface area contributed by atoms with Crippen molar-refractivity contribution in [3.8, 4) is 0 Å². The standard InChI is InChI=1S/C22H28N8O2S2/c1-16-20(17(2)28(3)26-16)15-29-11-13-30(14-12-29)22(33)25-18-5-7-19(8-6-18)34(31,32)27-21-23-9-4-10-24-21/h4-10H,11-15H2,1-3H3,(H,25,33)(H,23,24,27). The van der Waals surface area contributed by atoms with Gasteiger partial charge < -0.3 is 10.2 Å². The average molecular weight is 501 g/mol. The predicted molar refractivity (Wildman–Crippen MR) is 135 cm³/mol. The quantitative estimate of drug-likeness (QED) is 0.492. The molecule has 12 heteroatoms. The summed E-state index contributed by atoms with van der Waals surface area (Å²) in [6.07, 6.45) is 2.94. The van der Waals surface area contributed by atoms with Crippen LogP contribution in [0.5, 0.6) is 0 Å². The average Bonchev–Trinajstić information content (AvgIpc) is 3.06. The van der Waals surface area contributed by atoms with Crippen LogP contribution in [-0.4, -0.2) is 69.3 Å². The van der Waals surface area contributed by atoms with Crippen LogP contribution in [0.4, 0.5) is 11.6 Å². The maximum Gasteiger partial charge on any atom is 0.264 e. The first-order chi connectivity index (χ1) is 16.2. The van der Waals surface area contributed by atoms with Crippen molar-refractivity contribution in [3.05, 3.63) is 59.7 Å². The van der Waals surface area contributed by atoms with E-state index in [0.29, 0.717) is 5.11 Å². The second-order valence-electron chi connectivity index (χ2n) is 8.17. The lowest BCUT2D eigenvalue weighted by molar-refractivity contribution is 0.176. The van der Waals surface area contributed by atoms with E-state index in [9.17, 15) is 8.42 Å². The number of aromatic nitrogens is 4. The van der Waals surface area contributed by atoms with E-state index in [1.165, 1.54) is 35.8 Å². The van der Waals surface area contributed by atoms with Crippen LogP contribution in [0.1, 0.15) is 17.0 Å². The molecule has 1 saturated heterocycles. The molecule has 34 heavy (non-hydrogen) atoms. The Morgan fingerprint density at radius 3 is 2.29 bits per heavy atom. The van der Waals surface area contributed by atoms with Gasteiger partial charge in [0.05, 0.1) is 10.6 Å². The van der Waals surface area contributed by atoms with Crippen LogP contribution < -0.4 is 10.0 Å². The maximum absolute atomic E-state index is 12.5. The highest BCUT2D eigenvalue weighted by atomic mass is 32.2. The molecule has 0 spiro atoms. The summed E-state index contributed by atoms with van der Waals surface area (Å²) < 4.78 is 29.4. The zero-order valence-electron chi connectivity index (χ0n) is 19.4. The molecule has 0 saturated carbocycles. The number of benzene rings is 1. The summed E-state index contributed by atoms with van der Waals surface area (Å²) >= 11 is 5.60. The van der Waals surface area contributed by atoms with Crippen molar-refractivity contribution in [1.29, 1.82) is 0 Å². The highest BCUT2D eigenvalue weighted by Crippen LogP contribution is 2.18. The van der Waals surface area contributed by atoms with Gasteiger partial charge >= 0.3 is 0 Å². The van der Waals surface area contributed by atoms with E-state index in [1.54, 1.807) is 18.2 Å². The van der Waals surface area contributed by atoms with E-state index in [-0.39, 0.29) is 10.8 Å². The molecule has 1 aliphatic rings. The number of thiocarbonyl (C=S) groups is 1. The fourth-order valence-corrected chi connectivity index (χ4v) is 5.09. The molecule has 0 bridgehead atoms. The number of nitrogens with zero attached hydrogens (tertiary/aromatic N) is 6. The smallest absolute Gasteiger partial charge is 0.264 e. The third-order valence-electron chi connectivity index (χ3n) is 5.91. The van der Waals surface area contributed by atoms with Gasteiger partial charge in [-0.3, -0.25) is 9.58 Å². The van der Waals surface area contributed by atoms with Crippen LogP contribution in [-0.2, 0) is 23.6 Å². The Balaban J connectivity index is 1.30. The Morgan fingerprint density at radius 1 is 1.06 bits per heavy atom. The van der Waals surface area contributed by atoms with E-state index < -0.39 is 10.0 Å². The number of aryl methyl sites for hydroxylation is 2. The zero-order chi connectivity index (χ0) is 24.3. The first kappa shape index (κ1) is 24.0. The molecular weight excluding hydrogens is 472 g/mol. The van der Waals surface area contributed by atoms with E-state index >= 15 is 0 Å². The zero-order valence-corrected chi connectivity index (χ0v) is 21.0.